The highest BCUT2D eigenvalue weighted by molar-refractivity contribution is 7.09. The number of thiazole rings is 2. The molecule has 0 amide bonds. The lowest BCUT2D eigenvalue weighted by molar-refractivity contribution is 0.122. The van der Waals surface area contributed by atoms with Gasteiger partial charge < -0.3 is 10.1 Å². The molecule has 0 spiro atoms. The second-order valence-corrected chi connectivity index (χ2v) is 6.45. The number of aryl methyl sites for hydroxylation is 1. The third-order valence-electron chi connectivity index (χ3n) is 2.87. The summed E-state index contributed by atoms with van der Waals surface area (Å²) in [4.78, 5) is 10.1. The average Bonchev–Trinajstić information content (AvgIpc) is 3.05. The van der Waals surface area contributed by atoms with E-state index >= 15 is 0 Å². The van der Waals surface area contributed by atoms with Gasteiger partial charge in [-0.1, -0.05) is 6.92 Å². The van der Waals surface area contributed by atoms with Crippen LogP contribution in [0.3, 0.4) is 0 Å². The van der Waals surface area contributed by atoms with Crippen molar-refractivity contribution >= 4 is 22.7 Å². The van der Waals surface area contributed by atoms with Gasteiger partial charge in [0.05, 0.1) is 30.1 Å². The second-order valence-electron chi connectivity index (χ2n) is 4.57. The summed E-state index contributed by atoms with van der Waals surface area (Å²) in [5.74, 6) is 0. The summed E-state index contributed by atoms with van der Waals surface area (Å²) in [6.07, 6.45) is 2.09. The van der Waals surface area contributed by atoms with Crippen molar-refractivity contribution in [1.82, 2.24) is 15.3 Å². The zero-order valence-corrected chi connectivity index (χ0v) is 13.6. The molecule has 0 fully saturated rings. The number of hydrogen-bond donors (Lipinski definition) is 1. The Balaban J connectivity index is 1.65. The van der Waals surface area contributed by atoms with E-state index in [2.05, 4.69) is 27.6 Å². The molecule has 2 heterocycles. The van der Waals surface area contributed by atoms with Gasteiger partial charge in [-0.05, 0) is 19.9 Å². The molecule has 0 saturated heterocycles. The Hall–Kier alpha value is -0.820. The van der Waals surface area contributed by atoms with Crippen LogP contribution < -0.4 is 5.32 Å². The van der Waals surface area contributed by atoms with Crippen molar-refractivity contribution in [3.63, 3.8) is 0 Å². The molecule has 2 rings (SSSR count). The lowest BCUT2D eigenvalue weighted by Crippen LogP contribution is -2.13. The van der Waals surface area contributed by atoms with Crippen LogP contribution in [0.15, 0.2) is 10.9 Å². The summed E-state index contributed by atoms with van der Waals surface area (Å²) in [7, 11) is 0. The van der Waals surface area contributed by atoms with Gasteiger partial charge in [-0.3, -0.25) is 0 Å². The van der Waals surface area contributed by atoms with Crippen molar-refractivity contribution in [2.24, 2.45) is 0 Å². The van der Waals surface area contributed by atoms with Gasteiger partial charge in [-0.15, -0.1) is 22.7 Å². The van der Waals surface area contributed by atoms with Gasteiger partial charge in [0, 0.05) is 23.2 Å². The van der Waals surface area contributed by atoms with E-state index in [0.717, 1.165) is 48.9 Å². The maximum absolute atomic E-state index is 5.69. The molecule has 0 aliphatic rings. The minimum Gasteiger partial charge on any atom is -0.375 e. The van der Waals surface area contributed by atoms with Crippen molar-refractivity contribution < 1.29 is 4.74 Å². The predicted octanol–water partition coefficient (Wildman–Crippen LogP) is 3.17. The second kappa shape index (κ2) is 8.46. The van der Waals surface area contributed by atoms with Crippen LogP contribution >= 0.6 is 22.7 Å². The molecule has 1 N–H and O–H groups in total. The van der Waals surface area contributed by atoms with Crippen LogP contribution in [0.25, 0.3) is 0 Å². The van der Waals surface area contributed by atoms with Crippen molar-refractivity contribution in [2.75, 3.05) is 13.2 Å². The highest BCUT2D eigenvalue weighted by Gasteiger charge is 2.04. The Bertz CT molecular complexity index is 510. The van der Waals surface area contributed by atoms with Crippen LogP contribution in [0.5, 0.6) is 0 Å². The molecular weight excluding hydrogens is 290 g/mol. The fourth-order valence-corrected chi connectivity index (χ4v) is 3.29. The van der Waals surface area contributed by atoms with Crippen LogP contribution in [0.2, 0.25) is 0 Å². The number of hydrogen-bond acceptors (Lipinski definition) is 6. The summed E-state index contributed by atoms with van der Waals surface area (Å²) in [6, 6.07) is 0. The normalized spacial score (nSPS) is 11.1. The van der Waals surface area contributed by atoms with E-state index in [1.807, 2.05) is 12.4 Å². The minimum absolute atomic E-state index is 0.599. The van der Waals surface area contributed by atoms with Gasteiger partial charge in [0.15, 0.2) is 0 Å². The van der Waals surface area contributed by atoms with Gasteiger partial charge >= 0.3 is 0 Å². The fourth-order valence-electron chi connectivity index (χ4n) is 1.78. The third-order valence-corrected chi connectivity index (χ3v) is 4.76. The van der Waals surface area contributed by atoms with Gasteiger partial charge in [0.2, 0.25) is 0 Å². The summed E-state index contributed by atoms with van der Waals surface area (Å²) < 4.78 is 5.69. The van der Waals surface area contributed by atoms with E-state index < -0.39 is 0 Å². The topological polar surface area (TPSA) is 47.0 Å². The Kier molecular flexibility index (Phi) is 6.59. The summed E-state index contributed by atoms with van der Waals surface area (Å²) >= 11 is 3.39. The molecular formula is C14H21N3OS2. The van der Waals surface area contributed by atoms with Gasteiger partial charge in [0.25, 0.3) is 0 Å². The van der Waals surface area contributed by atoms with Crippen LogP contribution in [-0.4, -0.2) is 23.1 Å². The minimum atomic E-state index is 0.599. The summed E-state index contributed by atoms with van der Waals surface area (Å²) in [6.45, 7) is 7.44. The Labute approximate surface area is 128 Å². The molecule has 0 unspecified atom stereocenters. The summed E-state index contributed by atoms with van der Waals surface area (Å²) in [5, 5.41) is 6.58. The molecule has 2 aromatic heterocycles. The van der Waals surface area contributed by atoms with E-state index in [-0.39, 0.29) is 0 Å². The third kappa shape index (κ3) is 4.94. The molecule has 2 aromatic rings. The predicted molar refractivity (Wildman–Crippen MR) is 84.3 cm³/mol. The number of rotatable bonds is 9. The molecule has 0 aliphatic carbocycles. The molecule has 0 saturated carbocycles. The van der Waals surface area contributed by atoms with Crippen LogP contribution in [0.1, 0.15) is 34.6 Å². The largest absolute Gasteiger partial charge is 0.375 e. The number of aromatic nitrogens is 2. The average molecular weight is 311 g/mol. The lowest BCUT2D eigenvalue weighted by atomic mass is 10.3. The number of ether oxygens (including phenoxy) is 1. The Morgan fingerprint density at radius 3 is 3.00 bits per heavy atom. The van der Waals surface area contributed by atoms with Gasteiger partial charge in [-0.25, -0.2) is 9.97 Å². The molecule has 6 heteroatoms. The van der Waals surface area contributed by atoms with Gasteiger partial charge in [0.1, 0.15) is 5.01 Å². The van der Waals surface area contributed by atoms with Gasteiger partial charge in [-0.2, -0.15) is 0 Å². The Morgan fingerprint density at radius 1 is 1.35 bits per heavy atom. The smallest absolute Gasteiger partial charge is 0.107 e. The number of nitrogens with one attached hydrogen (secondary N) is 1. The molecule has 0 aliphatic heterocycles. The fraction of sp³-hybridized carbons (Fsp3) is 0.571. The first-order chi connectivity index (χ1) is 9.79. The maximum Gasteiger partial charge on any atom is 0.107 e. The van der Waals surface area contributed by atoms with E-state index in [9.17, 15) is 0 Å². The van der Waals surface area contributed by atoms with Crippen molar-refractivity contribution in [1.29, 1.82) is 0 Å². The highest BCUT2D eigenvalue weighted by Crippen LogP contribution is 2.14. The highest BCUT2D eigenvalue weighted by atomic mass is 32.1. The lowest BCUT2D eigenvalue weighted by Gasteiger charge is -2.01. The van der Waals surface area contributed by atoms with Crippen LogP contribution in [0, 0.1) is 6.92 Å². The number of nitrogens with zero attached hydrogens (tertiary/aromatic N) is 2. The van der Waals surface area contributed by atoms with E-state index in [0.29, 0.717) is 6.61 Å². The SMILES string of the molecule is CCCNCc1nc(COCCc2scnc2C)cs1. The Morgan fingerprint density at radius 2 is 2.25 bits per heavy atom. The van der Waals surface area contributed by atoms with Crippen LogP contribution in [0.4, 0.5) is 0 Å². The van der Waals surface area contributed by atoms with E-state index in [4.69, 9.17) is 4.74 Å². The molecule has 110 valence electrons. The van der Waals surface area contributed by atoms with Crippen molar-refractivity contribution in [3.8, 4) is 0 Å². The standard InChI is InChI=1S/C14H21N3OS2/c1-3-5-15-7-14-17-12(9-19-14)8-18-6-4-13-11(2)16-10-20-13/h9-10,15H,3-8H2,1-2H3. The van der Waals surface area contributed by atoms with E-state index in [1.165, 1.54) is 4.88 Å². The molecule has 0 bridgehead atoms. The molecule has 4 nitrogen and oxygen atoms in total. The first-order valence-electron chi connectivity index (χ1n) is 6.90. The molecule has 0 radical (unpaired) electrons. The quantitative estimate of drug-likeness (QED) is 0.723. The zero-order chi connectivity index (χ0) is 14.2. The van der Waals surface area contributed by atoms with E-state index in [1.54, 1.807) is 22.7 Å². The maximum atomic E-state index is 5.69. The van der Waals surface area contributed by atoms with Crippen LogP contribution in [-0.2, 0) is 24.3 Å². The monoisotopic (exact) mass is 311 g/mol. The van der Waals surface area contributed by atoms with Crippen molar-refractivity contribution in [3.05, 3.63) is 32.2 Å². The molecule has 0 atom stereocenters. The molecule has 20 heavy (non-hydrogen) atoms. The summed E-state index contributed by atoms with van der Waals surface area (Å²) in [5.41, 5.74) is 4.04. The zero-order valence-electron chi connectivity index (χ0n) is 12.0. The first-order valence-corrected chi connectivity index (χ1v) is 8.66. The van der Waals surface area contributed by atoms with Crippen molar-refractivity contribution in [2.45, 2.75) is 39.8 Å². The first kappa shape index (κ1) is 15.6. The molecule has 0 aromatic carbocycles.